The molecule has 0 aromatic carbocycles. The fourth-order valence-corrected chi connectivity index (χ4v) is 1.33. The molecule has 18 heavy (non-hydrogen) atoms. The first-order valence-electron chi connectivity index (χ1n) is 4.83. The predicted octanol–water partition coefficient (Wildman–Crippen LogP) is 3.01. The van der Waals surface area contributed by atoms with Crippen LogP contribution in [0.3, 0.4) is 0 Å². The van der Waals surface area contributed by atoms with E-state index in [2.05, 4.69) is 4.98 Å². The lowest BCUT2D eigenvalue weighted by Gasteiger charge is -2.08. The van der Waals surface area contributed by atoms with Crippen LogP contribution in [0.4, 0.5) is 13.2 Å². The molecule has 0 atom stereocenters. The van der Waals surface area contributed by atoms with E-state index in [-0.39, 0.29) is 10.7 Å². The highest BCUT2D eigenvalue weighted by Gasteiger charge is 2.31. The van der Waals surface area contributed by atoms with Gasteiger partial charge in [0.05, 0.1) is 10.6 Å². The molecule has 0 amide bonds. The molecule has 0 aliphatic heterocycles. The lowest BCUT2D eigenvalue weighted by molar-refractivity contribution is -0.137. The summed E-state index contributed by atoms with van der Waals surface area (Å²) in [5.74, 6) is -0.553. The van der Waals surface area contributed by atoms with E-state index >= 15 is 0 Å². The van der Waals surface area contributed by atoms with Gasteiger partial charge < -0.3 is 4.90 Å². The van der Waals surface area contributed by atoms with E-state index in [9.17, 15) is 18.0 Å². The number of pyridine rings is 1. The first-order chi connectivity index (χ1) is 8.21. The number of hydrogen-bond acceptors (Lipinski definition) is 3. The average Bonchev–Trinajstić information content (AvgIpc) is 2.24. The Labute approximate surface area is 107 Å². The van der Waals surface area contributed by atoms with Crippen molar-refractivity contribution in [3.05, 3.63) is 40.8 Å². The summed E-state index contributed by atoms with van der Waals surface area (Å²) >= 11 is 5.61. The summed E-state index contributed by atoms with van der Waals surface area (Å²) in [6.07, 6.45) is -1.31. The standard InChI is InChI=1S/C11H10ClF3N2O/c1-17(2)4-3-9(18)10-8(12)5-7(6-16-10)11(13,14)15/h3-6H,1-2H3/b4-3+. The largest absolute Gasteiger partial charge is 0.417 e. The Bertz CT molecular complexity index is 484. The van der Waals surface area contributed by atoms with Crippen LogP contribution < -0.4 is 0 Å². The number of carbonyl (C=O) groups is 1. The molecule has 0 N–H and O–H groups in total. The number of hydrogen-bond donors (Lipinski definition) is 0. The van der Waals surface area contributed by atoms with Gasteiger partial charge in [0.25, 0.3) is 0 Å². The van der Waals surface area contributed by atoms with Gasteiger partial charge in [-0.25, -0.2) is 0 Å². The Hall–Kier alpha value is -1.56. The van der Waals surface area contributed by atoms with Crippen LogP contribution in [-0.4, -0.2) is 29.8 Å². The first kappa shape index (κ1) is 14.5. The summed E-state index contributed by atoms with van der Waals surface area (Å²) in [6.45, 7) is 0. The van der Waals surface area contributed by atoms with Gasteiger partial charge in [-0.15, -0.1) is 0 Å². The number of nitrogens with zero attached hydrogens (tertiary/aromatic N) is 2. The Morgan fingerprint density at radius 3 is 2.50 bits per heavy atom. The number of rotatable bonds is 3. The smallest absolute Gasteiger partial charge is 0.383 e. The molecule has 0 spiro atoms. The van der Waals surface area contributed by atoms with Crippen molar-refractivity contribution in [3.63, 3.8) is 0 Å². The van der Waals surface area contributed by atoms with Crippen LogP contribution in [0.5, 0.6) is 0 Å². The highest BCUT2D eigenvalue weighted by Crippen LogP contribution is 2.31. The van der Waals surface area contributed by atoms with Gasteiger partial charge in [-0.1, -0.05) is 11.6 Å². The van der Waals surface area contributed by atoms with Crippen LogP contribution in [-0.2, 0) is 6.18 Å². The van der Waals surface area contributed by atoms with Crippen molar-refractivity contribution in [2.24, 2.45) is 0 Å². The van der Waals surface area contributed by atoms with E-state index in [0.29, 0.717) is 12.3 Å². The van der Waals surface area contributed by atoms with Crippen molar-refractivity contribution in [2.75, 3.05) is 14.1 Å². The number of ketones is 1. The van der Waals surface area contributed by atoms with Crippen LogP contribution >= 0.6 is 11.6 Å². The van der Waals surface area contributed by atoms with Crippen LogP contribution in [0.1, 0.15) is 16.1 Å². The minimum atomic E-state index is -4.53. The molecular weight excluding hydrogens is 269 g/mol. The van der Waals surface area contributed by atoms with Crippen molar-refractivity contribution in [1.82, 2.24) is 9.88 Å². The van der Waals surface area contributed by atoms with Crippen molar-refractivity contribution in [1.29, 1.82) is 0 Å². The molecule has 0 saturated carbocycles. The lowest BCUT2D eigenvalue weighted by Crippen LogP contribution is -2.09. The molecule has 1 aromatic heterocycles. The number of alkyl halides is 3. The molecule has 1 heterocycles. The number of allylic oxidation sites excluding steroid dienone is 1. The molecule has 1 aromatic rings. The summed E-state index contributed by atoms with van der Waals surface area (Å²) in [6, 6.07) is 0.686. The van der Waals surface area contributed by atoms with E-state index in [1.807, 2.05) is 0 Å². The van der Waals surface area contributed by atoms with Gasteiger partial charge in [0, 0.05) is 32.6 Å². The summed E-state index contributed by atoms with van der Waals surface area (Å²) in [7, 11) is 3.40. The Morgan fingerprint density at radius 1 is 1.44 bits per heavy atom. The topological polar surface area (TPSA) is 33.2 Å². The van der Waals surface area contributed by atoms with Crippen molar-refractivity contribution < 1.29 is 18.0 Å². The van der Waals surface area contributed by atoms with Gasteiger partial charge in [0.2, 0.25) is 5.78 Å². The molecule has 0 fully saturated rings. The molecule has 0 aliphatic carbocycles. The zero-order chi connectivity index (χ0) is 13.9. The van der Waals surface area contributed by atoms with E-state index in [0.717, 1.165) is 0 Å². The van der Waals surface area contributed by atoms with Crippen molar-refractivity contribution >= 4 is 17.4 Å². The molecule has 0 radical (unpaired) electrons. The molecule has 3 nitrogen and oxygen atoms in total. The van der Waals surface area contributed by atoms with Crippen LogP contribution in [0, 0.1) is 0 Å². The molecule has 7 heteroatoms. The predicted molar refractivity (Wildman–Crippen MR) is 61.4 cm³/mol. The maximum atomic E-state index is 12.4. The lowest BCUT2D eigenvalue weighted by atomic mass is 10.2. The van der Waals surface area contributed by atoms with Gasteiger partial charge in [-0.05, 0) is 6.07 Å². The van der Waals surface area contributed by atoms with Gasteiger partial charge >= 0.3 is 6.18 Å². The van der Waals surface area contributed by atoms with Gasteiger partial charge in [-0.2, -0.15) is 13.2 Å². The Balaban J connectivity index is 3.03. The van der Waals surface area contributed by atoms with E-state index < -0.39 is 17.5 Å². The molecule has 1 rings (SSSR count). The molecule has 0 aliphatic rings. The van der Waals surface area contributed by atoms with Crippen molar-refractivity contribution in [2.45, 2.75) is 6.18 Å². The first-order valence-corrected chi connectivity index (χ1v) is 5.21. The third kappa shape index (κ3) is 3.73. The molecule has 0 saturated heterocycles. The third-order valence-electron chi connectivity index (χ3n) is 1.93. The maximum Gasteiger partial charge on any atom is 0.417 e. The quantitative estimate of drug-likeness (QED) is 0.629. The SMILES string of the molecule is CN(C)/C=C/C(=O)c1ncc(C(F)(F)F)cc1Cl. The van der Waals surface area contributed by atoms with E-state index in [1.165, 1.54) is 12.3 Å². The van der Waals surface area contributed by atoms with Gasteiger partial charge in [0.1, 0.15) is 5.69 Å². The zero-order valence-corrected chi connectivity index (χ0v) is 10.4. The Kier molecular flexibility index (Phi) is 4.34. The highest BCUT2D eigenvalue weighted by molar-refractivity contribution is 6.34. The zero-order valence-electron chi connectivity index (χ0n) is 9.62. The van der Waals surface area contributed by atoms with Gasteiger partial charge in [0.15, 0.2) is 0 Å². The summed E-state index contributed by atoms with van der Waals surface area (Å²) in [5, 5.41) is -0.321. The van der Waals surface area contributed by atoms with E-state index in [4.69, 9.17) is 11.6 Å². The minimum absolute atomic E-state index is 0.206. The third-order valence-corrected chi connectivity index (χ3v) is 2.21. The van der Waals surface area contributed by atoms with Crippen LogP contribution in [0.25, 0.3) is 0 Å². The molecule has 0 unspecified atom stereocenters. The number of carbonyl (C=O) groups excluding carboxylic acids is 1. The minimum Gasteiger partial charge on any atom is -0.383 e. The highest BCUT2D eigenvalue weighted by atomic mass is 35.5. The second-order valence-electron chi connectivity index (χ2n) is 3.70. The maximum absolute atomic E-state index is 12.4. The summed E-state index contributed by atoms with van der Waals surface area (Å²) in [4.78, 5) is 16.6. The normalized spacial score (nSPS) is 11.9. The molecular formula is C11H10ClF3N2O. The average molecular weight is 279 g/mol. The van der Waals surface area contributed by atoms with E-state index in [1.54, 1.807) is 19.0 Å². The number of aromatic nitrogens is 1. The molecule has 0 bridgehead atoms. The monoisotopic (exact) mass is 278 g/mol. The number of halogens is 4. The molecule has 98 valence electrons. The van der Waals surface area contributed by atoms with Crippen LogP contribution in [0.2, 0.25) is 5.02 Å². The summed E-state index contributed by atoms with van der Waals surface area (Å²) < 4.78 is 37.1. The van der Waals surface area contributed by atoms with Crippen molar-refractivity contribution in [3.8, 4) is 0 Å². The van der Waals surface area contributed by atoms with Crippen LogP contribution in [0.15, 0.2) is 24.5 Å². The second kappa shape index (κ2) is 5.39. The fraction of sp³-hybridized carbons (Fsp3) is 0.273. The van der Waals surface area contributed by atoms with Gasteiger partial charge in [-0.3, -0.25) is 9.78 Å². The summed E-state index contributed by atoms with van der Waals surface area (Å²) in [5.41, 5.74) is -1.19. The Morgan fingerprint density at radius 2 is 2.06 bits per heavy atom. The second-order valence-corrected chi connectivity index (χ2v) is 4.10. The fourth-order valence-electron chi connectivity index (χ4n) is 1.07.